The maximum absolute atomic E-state index is 5.89. The standard InChI is InChI=1S/C14H14ClNO2/c1-2-17-13-7-11(16)8-14(9-13)18-12-5-3-4-10(15)6-12/h3-9H,2,16H2,1H3. The fraction of sp³-hybridized carbons (Fsp3) is 0.143. The van der Waals surface area contributed by atoms with Crippen molar-refractivity contribution in [3.05, 3.63) is 47.5 Å². The zero-order valence-corrected chi connectivity index (χ0v) is 10.8. The second kappa shape index (κ2) is 5.65. The number of halogens is 1. The molecule has 0 unspecified atom stereocenters. The van der Waals surface area contributed by atoms with E-state index in [4.69, 9.17) is 26.8 Å². The van der Waals surface area contributed by atoms with E-state index >= 15 is 0 Å². The normalized spacial score (nSPS) is 10.1. The molecule has 2 aromatic carbocycles. The van der Waals surface area contributed by atoms with Gasteiger partial charge in [-0.25, -0.2) is 0 Å². The fourth-order valence-electron chi connectivity index (χ4n) is 1.57. The zero-order chi connectivity index (χ0) is 13.0. The van der Waals surface area contributed by atoms with E-state index in [1.807, 2.05) is 19.1 Å². The molecule has 3 nitrogen and oxygen atoms in total. The summed E-state index contributed by atoms with van der Waals surface area (Å²) in [7, 11) is 0. The average Bonchev–Trinajstić information content (AvgIpc) is 2.28. The lowest BCUT2D eigenvalue weighted by atomic mass is 10.3. The highest BCUT2D eigenvalue weighted by molar-refractivity contribution is 6.30. The highest BCUT2D eigenvalue weighted by atomic mass is 35.5. The van der Waals surface area contributed by atoms with E-state index in [1.54, 1.807) is 30.3 Å². The second-order valence-corrected chi connectivity index (χ2v) is 4.17. The first-order valence-electron chi connectivity index (χ1n) is 5.64. The number of nitrogen functional groups attached to an aromatic ring is 1. The maximum Gasteiger partial charge on any atom is 0.133 e. The van der Waals surface area contributed by atoms with E-state index in [2.05, 4.69) is 0 Å². The van der Waals surface area contributed by atoms with Crippen LogP contribution in [0.2, 0.25) is 5.02 Å². The van der Waals surface area contributed by atoms with Gasteiger partial charge in [-0.05, 0) is 25.1 Å². The van der Waals surface area contributed by atoms with Crippen molar-refractivity contribution in [2.45, 2.75) is 6.92 Å². The zero-order valence-electron chi connectivity index (χ0n) is 10.0. The lowest BCUT2D eigenvalue weighted by Gasteiger charge is -2.09. The Morgan fingerprint density at radius 2 is 1.83 bits per heavy atom. The molecule has 4 heteroatoms. The van der Waals surface area contributed by atoms with E-state index in [9.17, 15) is 0 Å². The van der Waals surface area contributed by atoms with Gasteiger partial charge in [-0.1, -0.05) is 17.7 Å². The average molecular weight is 264 g/mol. The summed E-state index contributed by atoms with van der Waals surface area (Å²) in [6.07, 6.45) is 0. The molecule has 0 saturated carbocycles. The van der Waals surface area contributed by atoms with Crippen molar-refractivity contribution >= 4 is 17.3 Å². The van der Waals surface area contributed by atoms with E-state index in [1.165, 1.54) is 0 Å². The first kappa shape index (κ1) is 12.6. The molecule has 0 radical (unpaired) electrons. The third kappa shape index (κ3) is 3.31. The number of anilines is 1. The highest BCUT2D eigenvalue weighted by Crippen LogP contribution is 2.29. The van der Waals surface area contributed by atoms with Crippen LogP contribution >= 0.6 is 11.6 Å². The van der Waals surface area contributed by atoms with Crippen LogP contribution in [0.25, 0.3) is 0 Å². The van der Waals surface area contributed by atoms with Gasteiger partial charge in [0.2, 0.25) is 0 Å². The third-order valence-corrected chi connectivity index (χ3v) is 2.48. The molecule has 0 spiro atoms. The Morgan fingerprint density at radius 3 is 2.56 bits per heavy atom. The van der Waals surface area contributed by atoms with Crippen molar-refractivity contribution in [3.63, 3.8) is 0 Å². The van der Waals surface area contributed by atoms with Crippen molar-refractivity contribution in [3.8, 4) is 17.2 Å². The summed E-state index contributed by atoms with van der Waals surface area (Å²) in [4.78, 5) is 0. The number of hydrogen-bond donors (Lipinski definition) is 1. The molecule has 0 heterocycles. The van der Waals surface area contributed by atoms with Gasteiger partial charge in [-0.3, -0.25) is 0 Å². The minimum Gasteiger partial charge on any atom is -0.494 e. The van der Waals surface area contributed by atoms with Crippen molar-refractivity contribution in [2.24, 2.45) is 0 Å². The molecule has 0 atom stereocenters. The lowest BCUT2D eigenvalue weighted by Crippen LogP contribution is -1.94. The number of ether oxygens (including phenoxy) is 2. The van der Waals surface area contributed by atoms with Gasteiger partial charge in [0.25, 0.3) is 0 Å². The van der Waals surface area contributed by atoms with Gasteiger partial charge in [0, 0.05) is 28.9 Å². The van der Waals surface area contributed by atoms with E-state index in [-0.39, 0.29) is 0 Å². The molecule has 94 valence electrons. The summed E-state index contributed by atoms with van der Waals surface area (Å²) >= 11 is 5.89. The summed E-state index contributed by atoms with van der Waals surface area (Å²) in [5, 5.41) is 0.626. The van der Waals surface area contributed by atoms with E-state index in [0.717, 1.165) is 0 Å². The second-order valence-electron chi connectivity index (χ2n) is 3.73. The van der Waals surface area contributed by atoms with Crippen molar-refractivity contribution < 1.29 is 9.47 Å². The summed E-state index contributed by atoms with van der Waals surface area (Å²) in [6, 6.07) is 12.5. The number of nitrogens with two attached hydrogens (primary N) is 1. The van der Waals surface area contributed by atoms with Crippen molar-refractivity contribution in [1.29, 1.82) is 0 Å². The van der Waals surface area contributed by atoms with Crippen LogP contribution in [0.5, 0.6) is 17.2 Å². The molecular formula is C14H14ClNO2. The van der Waals surface area contributed by atoms with Gasteiger partial charge >= 0.3 is 0 Å². The van der Waals surface area contributed by atoms with Gasteiger partial charge in [0.05, 0.1) is 6.61 Å². The first-order chi connectivity index (χ1) is 8.67. The minimum atomic E-state index is 0.583. The molecule has 18 heavy (non-hydrogen) atoms. The molecule has 0 aliphatic carbocycles. The Morgan fingerprint density at radius 1 is 1.06 bits per heavy atom. The molecule has 0 amide bonds. The fourth-order valence-corrected chi connectivity index (χ4v) is 1.75. The Kier molecular flexibility index (Phi) is 3.95. The summed E-state index contributed by atoms with van der Waals surface area (Å²) < 4.78 is 11.1. The van der Waals surface area contributed by atoms with Crippen LogP contribution < -0.4 is 15.2 Å². The van der Waals surface area contributed by atoms with Gasteiger partial charge in [-0.2, -0.15) is 0 Å². The molecule has 0 aliphatic heterocycles. The number of hydrogen-bond acceptors (Lipinski definition) is 3. The van der Waals surface area contributed by atoms with Gasteiger partial charge in [-0.15, -0.1) is 0 Å². The lowest BCUT2D eigenvalue weighted by molar-refractivity contribution is 0.338. The minimum absolute atomic E-state index is 0.583. The highest BCUT2D eigenvalue weighted by Gasteiger charge is 2.03. The maximum atomic E-state index is 5.89. The molecule has 0 saturated heterocycles. The number of rotatable bonds is 4. The summed E-state index contributed by atoms with van der Waals surface area (Å²) in [6.45, 7) is 2.50. The Balaban J connectivity index is 2.23. The molecule has 2 aromatic rings. The SMILES string of the molecule is CCOc1cc(N)cc(Oc2cccc(Cl)c2)c1. The number of benzene rings is 2. The van der Waals surface area contributed by atoms with Crippen LogP contribution in [0.1, 0.15) is 6.92 Å². The monoisotopic (exact) mass is 263 g/mol. The largest absolute Gasteiger partial charge is 0.494 e. The van der Waals surface area contributed by atoms with Gasteiger partial charge < -0.3 is 15.2 Å². The van der Waals surface area contributed by atoms with Crippen molar-refractivity contribution in [1.82, 2.24) is 0 Å². The predicted octanol–water partition coefficient (Wildman–Crippen LogP) is 4.11. The predicted molar refractivity (Wildman–Crippen MR) is 73.5 cm³/mol. The molecule has 0 aromatic heterocycles. The van der Waals surface area contributed by atoms with Crippen LogP contribution in [0.3, 0.4) is 0 Å². The Bertz CT molecular complexity index is 543. The van der Waals surface area contributed by atoms with Crippen LogP contribution in [-0.4, -0.2) is 6.61 Å². The summed E-state index contributed by atoms with van der Waals surface area (Å²) in [5.74, 6) is 1.98. The Labute approximate surface area is 111 Å². The molecule has 0 bridgehead atoms. The smallest absolute Gasteiger partial charge is 0.133 e. The van der Waals surface area contributed by atoms with Crippen LogP contribution in [0.15, 0.2) is 42.5 Å². The van der Waals surface area contributed by atoms with Gasteiger partial charge in [0.15, 0.2) is 0 Å². The van der Waals surface area contributed by atoms with Crippen LogP contribution in [0.4, 0.5) is 5.69 Å². The summed E-state index contributed by atoms with van der Waals surface area (Å²) in [5.41, 5.74) is 6.38. The Hall–Kier alpha value is -1.87. The first-order valence-corrected chi connectivity index (χ1v) is 6.02. The third-order valence-electron chi connectivity index (χ3n) is 2.25. The topological polar surface area (TPSA) is 44.5 Å². The van der Waals surface area contributed by atoms with Crippen molar-refractivity contribution in [2.75, 3.05) is 12.3 Å². The van der Waals surface area contributed by atoms with E-state index < -0.39 is 0 Å². The molecular weight excluding hydrogens is 250 g/mol. The quantitative estimate of drug-likeness (QED) is 0.844. The van der Waals surface area contributed by atoms with Crippen LogP contribution in [0, 0.1) is 0 Å². The molecule has 0 fully saturated rings. The molecule has 2 N–H and O–H groups in total. The van der Waals surface area contributed by atoms with Crippen LogP contribution in [-0.2, 0) is 0 Å². The van der Waals surface area contributed by atoms with Gasteiger partial charge in [0.1, 0.15) is 17.2 Å². The molecule has 2 rings (SSSR count). The molecule has 0 aliphatic rings. The van der Waals surface area contributed by atoms with E-state index in [0.29, 0.717) is 34.6 Å².